The normalized spacial score (nSPS) is 11.8. The van der Waals surface area contributed by atoms with Crippen LogP contribution in [0, 0.1) is 13.8 Å². The molecular formula is C23H25NO3. The maximum atomic E-state index is 13.1. The fourth-order valence-electron chi connectivity index (χ4n) is 3.12. The van der Waals surface area contributed by atoms with Gasteiger partial charge in [-0.2, -0.15) is 0 Å². The highest BCUT2D eigenvalue weighted by molar-refractivity contribution is 5.80. The van der Waals surface area contributed by atoms with Crippen LogP contribution in [0.25, 0.3) is 0 Å². The van der Waals surface area contributed by atoms with Crippen LogP contribution in [0.2, 0.25) is 0 Å². The van der Waals surface area contributed by atoms with Crippen LogP contribution in [0.5, 0.6) is 5.75 Å². The smallest absolute Gasteiger partial charge is 0.264 e. The highest BCUT2D eigenvalue weighted by atomic mass is 16.5. The first kappa shape index (κ1) is 18.8. The Morgan fingerprint density at radius 3 is 2.33 bits per heavy atom. The third-order valence-corrected chi connectivity index (χ3v) is 4.31. The molecule has 0 bridgehead atoms. The Hall–Kier alpha value is -3.01. The van der Waals surface area contributed by atoms with Crippen LogP contribution in [0.1, 0.15) is 29.4 Å². The van der Waals surface area contributed by atoms with Gasteiger partial charge in [0, 0.05) is 6.54 Å². The Morgan fingerprint density at radius 2 is 1.70 bits per heavy atom. The Kier molecular flexibility index (Phi) is 5.97. The average molecular weight is 363 g/mol. The minimum atomic E-state index is -0.593. The summed E-state index contributed by atoms with van der Waals surface area (Å²) in [4.78, 5) is 14.9. The monoisotopic (exact) mass is 363 g/mol. The lowest BCUT2D eigenvalue weighted by molar-refractivity contribution is -0.139. The van der Waals surface area contributed by atoms with Crippen molar-refractivity contribution in [2.24, 2.45) is 0 Å². The zero-order chi connectivity index (χ0) is 19.2. The van der Waals surface area contributed by atoms with Gasteiger partial charge in [0.2, 0.25) is 0 Å². The molecule has 0 saturated carbocycles. The Labute approximate surface area is 160 Å². The Balaban J connectivity index is 1.76. The predicted octanol–water partition coefficient (Wildman–Crippen LogP) is 4.89. The van der Waals surface area contributed by atoms with Crippen molar-refractivity contribution in [1.29, 1.82) is 0 Å². The first-order valence-corrected chi connectivity index (χ1v) is 9.11. The summed E-state index contributed by atoms with van der Waals surface area (Å²) in [5.41, 5.74) is 3.29. The van der Waals surface area contributed by atoms with E-state index in [1.165, 1.54) is 0 Å². The predicted molar refractivity (Wildman–Crippen MR) is 105 cm³/mol. The van der Waals surface area contributed by atoms with Crippen LogP contribution in [0.15, 0.2) is 71.3 Å². The summed E-state index contributed by atoms with van der Waals surface area (Å²) in [6.45, 7) is 6.73. The van der Waals surface area contributed by atoms with Gasteiger partial charge in [0.1, 0.15) is 11.5 Å². The van der Waals surface area contributed by atoms with Crippen molar-refractivity contribution in [2.45, 2.75) is 40.0 Å². The van der Waals surface area contributed by atoms with Crippen molar-refractivity contribution in [1.82, 2.24) is 4.90 Å². The number of amides is 1. The van der Waals surface area contributed by atoms with E-state index in [1.807, 2.05) is 68.4 Å². The summed E-state index contributed by atoms with van der Waals surface area (Å²) in [6.07, 6.45) is 1.03. The fourth-order valence-corrected chi connectivity index (χ4v) is 3.12. The number of aryl methyl sites for hydroxylation is 2. The van der Waals surface area contributed by atoms with E-state index < -0.39 is 6.10 Å². The van der Waals surface area contributed by atoms with Crippen LogP contribution in [0.3, 0.4) is 0 Å². The molecule has 0 aliphatic rings. The third-order valence-electron chi connectivity index (χ3n) is 4.31. The van der Waals surface area contributed by atoms with Crippen molar-refractivity contribution in [3.63, 3.8) is 0 Å². The number of carbonyl (C=O) groups excluding carboxylic acids is 1. The van der Waals surface area contributed by atoms with Crippen molar-refractivity contribution < 1.29 is 13.9 Å². The van der Waals surface area contributed by atoms with Gasteiger partial charge in [-0.15, -0.1) is 0 Å². The average Bonchev–Trinajstić information content (AvgIpc) is 3.13. The van der Waals surface area contributed by atoms with Gasteiger partial charge in [0.05, 0.1) is 12.8 Å². The molecule has 0 fully saturated rings. The number of carbonyl (C=O) groups is 1. The maximum absolute atomic E-state index is 13.1. The summed E-state index contributed by atoms with van der Waals surface area (Å²) in [5, 5.41) is 0. The molecular weight excluding hydrogens is 338 g/mol. The quantitative estimate of drug-likeness (QED) is 0.600. The number of benzene rings is 2. The summed E-state index contributed by atoms with van der Waals surface area (Å²) < 4.78 is 11.4. The van der Waals surface area contributed by atoms with Crippen LogP contribution >= 0.6 is 0 Å². The van der Waals surface area contributed by atoms with E-state index in [0.717, 1.165) is 22.5 Å². The van der Waals surface area contributed by atoms with Gasteiger partial charge in [-0.1, -0.05) is 36.4 Å². The molecule has 0 spiro atoms. The van der Waals surface area contributed by atoms with Crippen LogP contribution in [-0.2, 0) is 17.9 Å². The molecule has 27 heavy (non-hydrogen) atoms. The van der Waals surface area contributed by atoms with Gasteiger partial charge in [-0.05, 0) is 61.7 Å². The fraction of sp³-hybridized carbons (Fsp3) is 0.261. The minimum Gasteiger partial charge on any atom is -0.481 e. The molecule has 1 unspecified atom stereocenters. The summed E-state index contributed by atoms with van der Waals surface area (Å²) in [6, 6.07) is 19.6. The number of rotatable bonds is 7. The van der Waals surface area contributed by atoms with Crippen molar-refractivity contribution >= 4 is 5.91 Å². The van der Waals surface area contributed by atoms with E-state index in [-0.39, 0.29) is 5.91 Å². The molecule has 0 radical (unpaired) electrons. The van der Waals surface area contributed by atoms with Gasteiger partial charge in [-0.25, -0.2) is 0 Å². The van der Waals surface area contributed by atoms with Crippen LogP contribution < -0.4 is 4.74 Å². The number of ether oxygens (including phenoxy) is 1. The molecule has 4 heteroatoms. The van der Waals surface area contributed by atoms with E-state index in [4.69, 9.17) is 9.15 Å². The van der Waals surface area contributed by atoms with E-state index >= 15 is 0 Å². The molecule has 2 aromatic carbocycles. The van der Waals surface area contributed by atoms with Crippen molar-refractivity contribution in [2.75, 3.05) is 0 Å². The standard InChI is InChI=1S/C23H25NO3/c1-17-12-18(2)14-22(13-17)27-19(3)23(25)24(16-21-10-7-11-26-21)15-20-8-5-4-6-9-20/h4-14,19H,15-16H2,1-3H3. The molecule has 0 aliphatic heterocycles. The summed E-state index contributed by atoms with van der Waals surface area (Å²) in [7, 11) is 0. The molecule has 1 atom stereocenters. The van der Waals surface area contributed by atoms with E-state index in [0.29, 0.717) is 18.8 Å². The largest absolute Gasteiger partial charge is 0.481 e. The number of hydrogen-bond donors (Lipinski definition) is 0. The third kappa shape index (κ3) is 5.23. The molecule has 1 heterocycles. The molecule has 3 aromatic rings. The lowest BCUT2D eigenvalue weighted by Crippen LogP contribution is -2.39. The second-order valence-corrected chi connectivity index (χ2v) is 6.84. The second kappa shape index (κ2) is 8.58. The van der Waals surface area contributed by atoms with Gasteiger partial charge in [0.15, 0.2) is 6.10 Å². The SMILES string of the molecule is Cc1cc(C)cc(OC(C)C(=O)N(Cc2ccccc2)Cc2ccco2)c1. The summed E-state index contributed by atoms with van der Waals surface area (Å²) in [5.74, 6) is 1.39. The lowest BCUT2D eigenvalue weighted by atomic mass is 10.1. The van der Waals surface area contributed by atoms with Crippen molar-refractivity contribution in [3.8, 4) is 5.75 Å². The second-order valence-electron chi connectivity index (χ2n) is 6.84. The Bertz CT molecular complexity index is 852. The van der Waals surface area contributed by atoms with Crippen molar-refractivity contribution in [3.05, 3.63) is 89.4 Å². The first-order valence-electron chi connectivity index (χ1n) is 9.11. The Morgan fingerprint density at radius 1 is 1.00 bits per heavy atom. The molecule has 0 aliphatic carbocycles. The lowest BCUT2D eigenvalue weighted by Gasteiger charge is -2.26. The van der Waals surface area contributed by atoms with E-state index in [2.05, 4.69) is 6.07 Å². The molecule has 140 valence electrons. The highest BCUT2D eigenvalue weighted by Crippen LogP contribution is 2.19. The molecule has 0 N–H and O–H groups in total. The number of hydrogen-bond acceptors (Lipinski definition) is 3. The molecule has 0 saturated heterocycles. The molecule has 3 rings (SSSR count). The van der Waals surface area contributed by atoms with Gasteiger partial charge in [0.25, 0.3) is 5.91 Å². The zero-order valence-electron chi connectivity index (χ0n) is 16.0. The van der Waals surface area contributed by atoms with E-state index in [9.17, 15) is 4.79 Å². The molecule has 1 amide bonds. The zero-order valence-corrected chi connectivity index (χ0v) is 16.0. The highest BCUT2D eigenvalue weighted by Gasteiger charge is 2.23. The topological polar surface area (TPSA) is 42.7 Å². The van der Waals surface area contributed by atoms with Gasteiger partial charge < -0.3 is 14.1 Å². The number of furan rings is 1. The maximum Gasteiger partial charge on any atom is 0.264 e. The van der Waals surface area contributed by atoms with Gasteiger partial charge in [-0.3, -0.25) is 4.79 Å². The van der Waals surface area contributed by atoms with Gasteiger partial charge >= 0.3 is 0 Å². The molecule has 1 aromatic heterocycles. The first-order chi connectivity index (χ1) is 13.0. The van der Waals surface area contributed by atoms with Crippen LogP contribution in [-0.4, -0.2) is 16.9 Å². The van der Waals surface area contributed by atoms with Crippen LogP contribution in [0.4, 0.5) is 0 Å². The molecule has 4 nitrogen and oxygen atoms in total. The number of nitrogens with zero attached hydrogens (tertiary/aromatic N) is 1. The summed E-state index contributed by atoms with van der Waals surface area (Å²) >= 11 is 0. The minimum absolute atomic E-state index is 0.0746. The van der Waals surface area contributed by atoms with E-state index in [1.54, 1.807) is 18.1 Å².